The molecule has 2 rings (SSSR count). The summed E-state index contributed by atoms with van der Waals surface area (Å²) in [5, 5.41) is 7.12. The van der Waals surface area contributed by atoms with Gasteiger partial charge in [-0.3, -0.25) is 0 Å². The van der Waals surface area contributed by atoms with E-state index in [9.17, 15) is 0 Å². The van der Waals surface area contributed by atoms with Crippen LogP contribution in [0.5, 0.6) is 0 Å². The molecule has 0 amide bonds. The molecule has 1 N–H and O–H groups in total. The highest BCUT2D eigenvalue weighted by molar-refractivity contribution is 5.34. The zero-order valence-electron chi connectivity index (χ0n) is 9.02. The van der Waals surface area contributed by atoms with Crippen molar-refractivity contribution in [2.45, 2.75) is 13.8 Å². The first-order chi connectivity index (χ1) is 7.19. The van der Waals surface area contributed by atoms with E-state index in [1.807, 2.05) is 26.1 Å². The van der Waals surface area contributed by atoms with Crippen molar-refractivity contribution in [2.24, 2.45) is 0 Å². The van der Waals surface area contributed by atoms with Gasteiger partial charge in [-0.15, -0.1) is 0 Å². The number of hydrogen-bond acceptors (Lipinski definition) is 4. The molecule has 0 radical (unpaired) electrons. The van der Waals surface area contributed by atoms with E-state index in [0.717, 1.165) is 17.1 Å². The van der Waals surface area contributed by atoms with Crippen LogP contribution in [-0.2, 0) is 0 Å². The van der Waals surface area contributed by atoms with Crippen LogP contribution in [0.3, 0.4) is 0 Å². The van der Waals surface area contributed by atoms with Crippen molar-refractivity contribution in [3.8, 4) is 5.82 Å². The zero-order chi connectivity index (χ0) is 10.8. The molecular formula is C10H13N5. The van der Waals surface area contributed by atoms with Crippen molar-refractivity contribution in [2.75, 3.05) is 12.4 Å². The van der Waals surface area contributed by atoms with Gasteiger partial charge in [-0.05, 0) is 19.4 Å². The molecule has 2 aromatic heterocycles. The summed E-state index contributed by atoms with van der Waals surface area (Å²) in [6.07, 6.45) is 3.73. The van der Waals surface area contributed by atoms with E-state index in [0.29, 0.717) is 5.95 Å². The number of aromatic nitrogens is 4. The topological polar surface area (TPSA) is 55.6 Å². The largest absolute Gasteiger partial charge is 0.357 e. The number of aryl methyl sites for hydroxylation is 2. The molecule has 15 heavy (non-hydrogen) atoms. The summed E-state index contributed by atoms with van der Waals surface area (Å²) in [6, 6.07) is 1.90. The molecule has 2 aromatic rings. The van der Waals surface area contributed by atoms with E-state index in [1.54, 1.807) is 17.9 Å². The Morgan fingerprint density at radius 2 is 2.07 bits per heavy atom. The number of rotatable bonds is 2. The van der Waals surface area contributed by atoms with Gasteiger partial charge in [0.15, 0.2) is 5.82 Å². The summed E-state index contributed by atoms with van der Waals surface area (Å²) in [7, 11) is 1.80. The van der Waals surface area contributed by atoms with Crippen molar-refractivity contribution in [1.82, 2.24) is 19.7 Å². The van der Waals surface area contributed by atoms with Crippen molar-refractivity contribution in [3.63, 3.8) is 0 Å². The van der Waals surface area contributed by atoms with Crippen LogP contribution in [0.25, 0.3) is 5.82 Å². The van der Waals surface area contributed by atoms with Crippen molar-refractivity contribution in [1.29, 1.82) is 0 Å². The van der Waals surface area contributed by atoms with Gasteiger partial charge in [-0.25, -0.2) is 9.67 Å². The van der Waals surface area contributed by atoms with Gasteiger partial charge in [0.25, 0.3) is 0 Å². The zero-order valence-corrected chi connectivity index (χ0v) is 9.02. The lowest BCUT2D eigenvalue weighted by Crippen LogP contribution is -2.04. The Balaban J connectivity index is 2.48. The summed E-state index contributed by atoms with van der Waals surface area (Å²) in [5.41, 5.74) is 2.02. The number of nitrogens with one attached hydrogen (secondary N) is 1. The Labute approximate surface area is 88.2 Å². The molecule has 2 heterocycles. The fourth-order valence-corrected chi connectivity index (χ4v) is 1.32. The van der Waals surface area contributed by atoms with Crippen LogP contribution < -0.4 is 5.32 Å². The molecule has 78 valence electrons. The minimum Gasteiger partial charge on any atom is -0.357 e. The first-order valence-corrected chi connectivity index (χ1v) is 4.74. The van der Waals surface area contributed by atoms with Gasteiger partial charge in [0.1, 0.15) is 0 Å². The molecule has 5 nitrogen and oxygen atoms in total. The summed E-state index contributed by atoms with van der Waals surface area (Å²) in [6.45, 7) is 3.93. The number of hydrogen-bond donors (Lipinski definition) is 1. The van der Waals surface area contributed by atoms with Gasteiger partial charge >= 0.3 is 0 Å². The molecule has 0 fully saturated rings. The van der Waals surface area contributed by atoms with Gasteiger partial charge in [-0.2, -0.15) is 10.1 Å². The van der Waals surface area contributed by atoms with Crippen LogP contribution in [0.4, 0.5) is 5.95 Å². The highest BCUT2D eigenvalue weighted by Crippen LogP contribution is 2.09. The third-order valence-corrected chi connectivity index (χ3v) is 2.01. The molecule has 0 saturated carbocycles. The highest BCUT2D eigenvalue weighted by Gasteiger charge is 2.03. The molecule has 5 heteroatoms. The third-order valence-electron chi connectivity index (χ3n) is 2.01. The van der Waals surface area contributed by atoms with E-state index in [-0.39, 0.29) is 0 Å². The van der Waals surface area contributed by atoms with Gasteiger partial charge in [0.05, 0.1) is 6.20 Å². The Kier molecular flexibility index (Phi) is 2.37. The molecule has 0 aliphatic heterocycles. The van der Waals surface area contributed by atoms with Crippen LogP contribution in [0.15, 0.2) is 18.5 Å². The van der Waals surface area contributed by atoms with Crippen LogP contribution in [0.1, 0.15) is 11.3 Å². The molecule has 0 aliphatic rings. The average molecular weight is 203 g/mol. The van der Waals surface area contributed by atoms with Gasteiger partial charge in [0, 0.05) is 25.0 Å². The monoisotopic (exact) mass is 203 g/mol. The van der Waals surface area contributed by atoms with E-state index in [1.165, 1.54) is 0 Å². The smallest absolute Gasteiger partial charge is 0.224 e. The lowest BCUT2D eigenvalue weighted by Gasteiger charge is -2.04. The summed E-state index contributed by atoms with van der Waals surface area (Å²) in [5.74, 6) is 1.39. The fraction of sp³-hybridized carbons (Fsp3) is 0.300. The van der Waals surface area contributed by atoms with E-state index in [2.05, 4.69) is 20.4 Å². The minimum atomic E-state index is 0.609. The molecule has 0 aliphatic carbocycles. The molecule has 0 unspecified atom stereocenters. The van der Waals surface area contributed by atoms with Crippen LogP contribution in [-0.4, -0.2) is 26.8 Å². The van der Waals surface area contributed by atoms with Crippen molar-refractivity contribution >= 4 is 5.95 Å². The molecule has 0 saturated heterocycles. The molecular weight excluding hydrogens is 190 g/mol. The molecule has 0 atom stereocenters. The fourth-order valence-electron chi connectivity index (χ4n) is 1.32. The average Bonchev–Trinajstić information content (AvgIpc) is 2.64. The standard InChI is InChI=1S/C10H13N5/c1-7-5-12-15(6-7)9-4-8(2)13-10(11-3)14-9/h4-6H,1-3H3,(H,11,13,14). The van der Waals surface area contributed by atoms with Crippen molar-refractivity contribution < 1.29 is 0 Å². The SMILES string of the molecule is CNc1nc(C)cc(-n2cc(C)cn2)n1. The van der Waals surface area contributed by atoms with E-state index in [4.69, 9.17) is 0 Å². The Morgan fingerprint density at radius 1 is 1.27 bits per heavy atom. The second kappa shape index (κ2) is 3.68. The van der Waals surface area contributed by atoms with Crippen LogP contribution in [0.2, 0.25) is 0 Å². The van der Waals surface area contributed by atoms with Crippen LogP contribution in [0, 0.1) is 13.8 Å². The molecule has 0 spiro atoms. The quantitative estimate of drug-likeness (QED) is 0.799. The normalized spacial score (nSPS) is 10.3. The lowest BCUT2D eigenvalue weighted by molar-refractivity contribution is 0.836. The first kappa shape index (κ1) is 9.64. The van der Waals surface area contributed by atoms with E-state index < -0.39 is 0 Å². The van der Waals surface area contributed by atoms with Gasteiger partial charge in [0.2, 0.25) is 5.95 Å². The summed E-state index contributed by atoms with van der Waals surface area (Å²) >= 11 is 0. The van der Waals surface area contributed by atoms with Crippen LogP contribution >= 0.6 is 0 Å². The predicted molar refractivity (Wildman–Crippen MR) is 58.2 cm³/mol. The third kappa shape index (κ3) is 1.96. The lowest BCUT2D eigenvalue weighted by atomic mass is 10.4. The molecule has 0 aromatic carbocycles. The number of anilines is 1. The maximum atomic E-state index is 4.31. The minimum absolute atomic E-state index is 0.609. The molecule has 0 bridgehead atoms. The first-order valence-electron chi connectivity index (χ1n) is 4.74. The second-order valence-corrected chi connectivity index (χ2v) is 3.40. The summed E-state index contributed by atoms with van der Waals surface area (Å²) < 4.78 is 1.74. The Bertz CT molecular complexity index is 474. The predicted octanol–water partition coefficient (Wildman–Crippen LogP) is 1.32. The maximum absolute atomic E-state index is 4.31. The van der Waals surface area contributed by atoms with E-state index >= 15 is 0 Å². The summed E-state index contributed by atoms with van der Waals surface area (Å²) in [4.78, 5) is 8.54. The number of nitrogens with zero attached hydrogens (tertiary/aromatic N) is 4. The second-order valence-electron chi connectivity index (χ2n) is 3.40. The highest BCUT2D eigenvalue weighted by atomic mass is 15.3. The Hall–Kier alpha value is -1.91. The maximum Gasteiger partial charge on any atom is 0.224 e. The van der Waals surface area contributed by atoms with Gasteiger partial charge in [-0.1, -0.05) is 0 Å². The van der Waals surface area contributed by atoms with Crippen molar-refractivity contribution in [3.05, 3.63) is 29.7 Å². The Morgan fingerprint density at radius 3 is 2.67 bits per heavy atom. The van der Waals surface area contributed by atoms with Gasteiger partial charge < -0.3 is 5.32 Å².